The maximum atomic E-state index is 12.0. The number of carbonyl (C=O) groups is 1. The average Bonchev–Trinajstić information content (AvgIpc) is 2.98. The lowest BCUT2D eigenvalue weighted by Crippen LogP contribution is -2.44. The first kappa shape index (κ1) is 17.4. The third-order valence-electron chi connectivity index (χ3n) is 3.29. The van der Waals surface area contributed by atoms with Crippen LogP contribution in [-0.2, 0) is 19.0 Å². The van der Waals surface area contributed by atoms with E-state index in [4.69, 9.17) is 14.2 Å². The van der Waals surface area contributed by atoms with Gasteiger partial charge in [-0.25, -0.2) is 0 Å². The quantitative estimate of drug-likeness (QED) is 0.553. The molecule has 0 radical (unpaired) electrons. The summed E-state index contributed by atoms with van der Waals surface area (Å²) in [5, 5.41) is 3.19. The van der Waals surface area contributed by atoms with Crippen LogP contribution in [-0.4, -0.2) is 76.6 Å². The van der Waals surface area contributed by atoms with E-state index in [1.54, 1.807) is 7.11 Å². The van der Waals surface area contributed by atoms with Crippen molar-refractivity contribution in [3.63, 3.8) is 0 Å². The van der Waals surface area contributed by atoms with Crippen molar-refractivity contribution in [1.82, 2.24) is 10.2 Å². The van der Waals surface area contributed by atoms with E-state index in [1.165, 1.54) is 0 Å². The minimum Gasteiger partial charge on any atom is -0.382 e. The molecular formula is C14H28N2O4. The van der Waals surface area contributed by atoms with Crippen molar-refractivity contribution >= 4 is 5.91 Å². The molecule has 1 amide bonds. The Kier molecular flexibility index (Phi) is 9.57. The Morgan fingerprint density at radius 1 is 1.10 bits per heavy atom. The first-order chi connectivity index (χ1) is 9.75. The molecule has 0 aromatic rings. The number of likely N-dealkylation sites (tertiary alicyclic amines) is 1. The fourth-order valence-electron chi connectivity index (χ4n) is 2.11. The van der Waals surface area contributed by atoms with Crippen LogP contribution in [0, 0.1) is 0 Å². The van der Waals surface area contributed by atoms with E-state index in [9.17, 15) is 4.79 Å². The predicted molar refractivity (Wildman–Crippen MR) is 76.8 cm³/mol. The van der Waals surface area contributed by atoms with E-state index in [1.807, 2.05) is 11.8 Å². The molecule has 6 nitrogen and oxygen atoms in total. The molecular weight excluding hydrogens is 260 g/mol. The van der Waals surface area contributed by atoms with E-state index >= 15 is 0 Å². The molecule has 1 aliphatic heterocycles. The average molecular weight is 288 g/mol. The molecule has 1 atom stereocenters. The number of methoxy groups -OCH3 is 1. The number of hydrogen-bond donors (Lipinski definition) is 1. The van der Waals surface area contributed by atoms with Crippen molar-refractivity contribution in [2.45, 2.75) is 25.8 Å². The van der Waals surface area contributed by atoms with Gasteiger partial charge < -0.3 is 24.4 Å². The van der Waals surface area contributed by atoms with Crippen molar-refractivity contribution in [3.8, 4) is 0 Å². The minimum absolute atomic E-state index is 0.130. The van der Waals surface area contributed by atoms with E-state index in [-0.39, 0.29) is 11.9 Å². The zero-order valence-corrected chi connectivity index (χ0v) is 12.7. The summed E-state index contributed by atoms with van der Waals surface area (Å²) in [4.78, 5) is 13.9. The van der Waals surface area contributed by atoms with Gasteiger partial charge in [0.15, 0.2) is 0 Å². The number of carbonyl (C=O) groups excluding carboxylic acids is 1. The molecule has 1 heterocycles. The molecule has 0 aromatic heterocycles. The Morgan fingerprint density at radius 3 is 2.35 bits per heavy atom. The number of rotatable bonds is 11. The molecule has 1 fully saturated rings. The van der Waals surface area contributed by atoms with Gasteiger partial charge in [0.1, 0.15) is 0 Å². The van der Waals surface area contributed by atoms with Crippen LogP contribution in [0.15, 0.2) is 0 Å². The van der Waals surface area contributed by atoms with Gasteiger partial charge in [-0.3, -0.25) is 4.79 Å². The molecule has 0 aliphatic carbocycles. The highest BCUT2D eigenvalue weighted by Gasteiger charge is 2.22. The van der Waals surface area contributed by atoms with E-state index in [2.05, 4.69) is 5.32 Å². The van der Waals surface area contributed by atoms with Crippen LogP contribution < -0.4 is 5.32 Å². The Morgan fingerprint density at radius 2 is 1.70 bits per heavy atom. The summed E-state index contributed by atoms with van der Waals surface area (Å²) in [5.41, 5.74) is 0. The van der Waals surface area contributed by atoms with E-state index < -0.39 is 0 Å². The van der Waals surface area contributed by atoms with E-state index in [0.717, 1.165) is 25.9 Å². The van der Waals surface area contributed by atoms with Gasteiger partial charge in [-0.1, -0.05) is 0 Å². The summed E-state index contributed by atoms with van der Waals surface area (Å²) in [6, 6.07) is -0.130. The van der Waals surface area contributed by atoms with Gasteiger partial charge >= 0.3 is 0 Å². The molecule has 118 valence electrons. The monoisotopic (exact) mass is 288 g/mol. The summed E-state index contributed by atoms with van der Waals surface area (Å²) >= 11 is 0. The maximum Gasteiger partial charge on any atom is 0.239 e. The van der Waals surface area contributed by atoms with Gasteiger partial charge in [0.05, 0.1) is 39.1 Å². The zero-order valence-electron chi connectivity index (χ0n) is 12.7. The molecule has 0 saturated carbocycles. The van der Waals surface area contributed by atoms with Gasteiger partial charge in [0.2, 0.25) is 5.91 Å². The highest BCUT2D eigenvalue weighted by atomic mass is 16.5. The Bertz CT molecular complexity index is 258. The van der Waals surface area contributed by atoms with Crippen molar-refractivity contribution in [2.24, 2.45) is 0 Å². The second kappa shape index (κ2) is 11.0. The van der Waals surface area contributed by atoms with Gasteiger partial charge in [-0.2, -0.15) is 0 Å². The Labute approximate surface area is 121 Å². The van der Waals surface area contributed by atoms with Crippen LogP contribution in [0.2, 0.25) is 0 Å². The molecule has 1 N–H and O–H groups in total. The normalized spacial score (nSPS) is 16.6. The molecule has 1 aliphatic rings. The number of ether oxygens (including phenoxy) is 3. The predicted octanol–water partition coefficient (Wildman–Crippen LogP) is 0.267. The van der Waals surface area contributed by atoms with Crippen molar-refractivity contribution in [3.05, 3.63) is 0 Å². The van der Waals surface area contributed by atoms with Gasteiger partial charge in [-0.15, -0.1) is 0 Å². The topological polar surface area (TPSA) is 60.0 Å². The summed E-state index contributed by atoms with van der Waals surface area (Å²) in [6.45, 7) is 7.33. The largest absolute Gasteiger partial charge is 0.382 e. The van der Waals surface area contributed by atoms with Crippen molar-refractivity contribution in [1.29, 1.82) is 0 Å². The molecule has 0 spiro atoms. The molecule has 0 aromatic carbocycles. The second-order valence-electron chi connectivity index (χ2n) is 4.93. The number of hydrogen-bond acceptors (Lipinski definition) is 5. The standard InChI is InChI=1S/C14H28N2O4/c1-13(14(17)16-6-3-4-7-16)15-5-8-19-11-12-20-10-9-18-2/h13,15H,3-12H2,1-2H3. The third-order valence-corrected chi connectivity index (χ3v) is 3.29. The number of nitrogens with one attached hydrogen (secondary N) is 1. The fraction of sp³-hybridized carbons (Fsp3) is 0.929. The van der Waals surface area contributed by atoms with Crippen LogP contribution in [0.1, 0.15) is 19.8 Å². The van der Waals surface area contributed by atoms with Gasteiger partial charge in [0.25, 0.3) is 0 Å². The smallest absolute Gasteiger partial charge is 0.239 e. The summed E-state index contributed by atoms with van der Waals surface area (Å²) in [7, 11) is 1.65. The molecule has 0 bridgehead atoms. The lowest BCUT2D eigenvalue weighted by atomic mass is 10.3. The first-order valence-electron chi connectivity index (χ1n) is 7.42. The molecule has 1 saturated heterocycles. The number of amides is 1. The van der Waals surface area contributed by atoms with Crippen LogP contribution in [0.4, 0.5) is 0 Å². The minimum atomic E-state index is -0.130. The van der Waals surface area contributed by atoms with E-state index in [0.29, 0.717) is 39.6 Å². The summed E-state index contributed by atoms with van der Waals surface area (Å²) in [6.07, 6.45) is 2.26. The number of nitrogens with zero attached hydrogens (tertiary/aromatic N) is 1. The van der Waals surface area contributed by atoms with Crippen LogP contribution in [0.5, 0.6) is 0 Å². The molecule has 20 heavy (non-hydrogen) atoms. The van der Waals surface area contributed by atoms with Gasteiger partial charge in [-0.05, 0) is 19.8 Å². The Hall–Kier alpha value is -0.690. The highest BCUT2D eigenvalue weighted by Crippen LogP contribution is 2.08. The van der Waals surface area contributed by atoms with Gasteiger partial charge in [0, 0.05) is 26.7 Å². The molecule has 1 unspecified atom stereocenters. The fourth-order valence-corrected chi connectivity index (χ4v) is 2.11. The Balaban J connectivity index is 1.91. The second-order valence-corrected chi connectivity index (χ2v) is 4.93. The summed E-state index contributed by atoms with van der Waals surface area (Å²) in [5.74, 6) is 0.199. The SMILES string of the molecule is COCCOCCOCCNC(C)C(=O)N1CCCC1. The lowest BCUT2D eigenvalue weighted by Gasteiger charge is -2.21. The van der Waals surface area contributed by atoms with Crippen molar-refractivity contribution < 1.29 is 19.0 Å². The lowest BCUT2D eigenvalue weighted by molar-refractivity contribution is -0.132. The van der Waals surface area contributed by atoms with Crippen LogP contribution >= 0.6 is 0 Å². The van der Waals surface area contributed by atoms with Crippen molar-refractivity contribution in [2.75, 3.05) is 59.8 Å². The molecule has 1 rings (SSSR count). The molecule has 6 heteroatoms. The first-order valence-corrected chi connectivity index (χ1v) is 7.42. The summed E-state index contributed by atoms with van der Waals surface area (Å²) < 4.78 is 15.6. The van der Waals surface area contributed by atoms with Crippen LogP contribution in [0.3, 0.4) is 0 Å². The van der Waals surface area contributed by atoms with Crippen LogP contribution in [0.25, 0.3) is 0 Å². The highest BCUT2D eigenvalue weighted by molar-refractivity contribution is 5.81. The third kappa shape index (κ3) is 7.19. The maximum absolute atomic E-state index is 12.0. The zero-order chi connectivity index (χ0) is 14.6.